The first-order valence-electron chi connectivity index (χ1n) is 4.45. The number of carboxylic acid groups (broad SMARTS) is 1. The van der Waals surface area contributed by atoms with Gasteiger partial charge in [-0.25, -0.2) is 0 Å². The van der Waals surface area contributed by atoms with Gasteiger partial charge >= 0.3 is 5.97 Å². The number of carbonyl (C=O) groups is 1. The predicted octanol–water partition coefficient (Wildman–Crippen LogP) is 0.139. The van der Waals surface area contributed by atoms with Crippen molar-refractivity contribution in [2.24, 2.45) is 5.92 Å². The molecule has 2 fully saturated rings. The van der Waals surface area contributed by atoms with E-state index >= 15 is 0 Å². The van der Waals surface area contributed by atoms with Crippen LogP contribution in [0.2, 0.25) is 0 Å². The lowest BCUT2D eigenvalue weighted by Gasteiger charge is -2.16. The number of rotatable bonds is 2. The first-order valence-corrected chi connectivity index (χ1v) is 5.50. The van der Waals surface area contributed by atoms with Crippen LogP contribution in [0.15, 0.2) is 0 Å². The fourth-order valence-corrected chi connectivity index (χ4v) is 3.09. The van der Waals surface area contributed by atoms with E-state index in [9.17, 15) is 4.79 Å². The topological polar surface area (TPSA) is 58.6 Å². The van der Waals surface area contributed by atoms with Crippen LogP contribution in [0.5, 0.6) is 0 Å². The molecule has 2 aliphatic rings. The van der Waals surface area contributed by atoms with Crippen LogP contribution in [0.25, 0.3) is 0 Å². The number of hydrogen-bond acceptors (Lipinski definition) is 4. The summed E-state index contributed by atoms with van der Waals surface area (Å²) in [7, 11) is 0. The predicted molar refractivity (Wildman–Crippen MR) is 49.7 cm³/mol. The molecule has 0 aromatic carbocycles. The van der Waals surface area contributed by atoms with Crippen molar-refractivity contribution in [1.29, 1.82) is 0 Å². The van der Waals surface area contributed by atoms with Crippen LogP contribution in [-0.2, 0) is 9.53 Å². The standard InChI is InChI=1S/C8H13NO3S/c10-8(11)6-4-13-7(9-6)5-1-2-12-3-5/h5-7,9H,1-4H2,(H,10,11). The molecule has 5 heteroatoms. The van der Waals surface area contributed by atoms with Gasteiger partial charge in [-0.05, 0) is 6.42 Å². The maximum Gasteiger partial charge on any atom is 0.321 e. The van der Waals surface area contributed by atoms with Crippen molar-refractivity contribution < 1.29 is 14.6 Å². The van der Waals surface area contributed by atoms with Crippen LogP contribution in [0.3, 0.4) is 0 Å². The first kappa shape index (κ1) is 9.30. The van der Waals surface area contributed by atoms with Crippen LogP contribution in [0, 0.1) is 5.92 Å². The van der Waals surface area contributed by atoms with Gasteiger partial charge in [0, 0.05) is 18.3 Å². The second-order valence-electron chi connectivity index (χ2n) is 3.44. The van der Waals surface area contributed by atoms with E-state index in [0.29, 0.717) is 11.7 Å². The minimum atomic E-state index is -0.742. The van der Waals surface area contributed by atoms with Crippen molar-refractivity contribution >= 4 is 17.7 Å². The third kappa shape index (κ3) is 1.98. The van der Waals surface area contributed by atoms with E-state index in [-0.39, 0.29) is 11.4 Å². The summed E-state index contributed by atoms with van der Waals surface area (Å²) in [5, 5.41) is 12.2. The molecule has 74 valence electrons. The molecule has 0 saturated carbocycles. The summed E-state index contributed by atoms with van der Waals surface area (Å²) in [5.41, 5.74) is 0. The summed E-state index contributed by atoms with van der Waals surface area (Å²) in [6.07, 6.45) is 1.05. The van der Waals surface area contributed by atoms with Crippen LogP contribution >= 0.6 is 11.8 Å². The highest BCUT2D eigenvalue weighted by molar-refractivity contribution is 8.00. The number of ether oxygens (including phenoxy) is 1. The van der Waals surface area contributed by atoms with Crippen molar-refractivity contribution in [1.82, 2.24) is 5.32 Å². The number of hydrogen-bond donors (Lipinski definition) is 2. The normalized spacial score (nSPS) is 39.5. The quantitative estimate of drug-likeness (QED) is 0.668. The van der Waals surface area contributed by atoms with Crippen molar-refractivity contribution in [2.75, 3.05) is 19.0 Å². The molecule has 3 unspecified atom stereocenters. The van der Waals surface area contributed by atoms with Gasteiger partial charge in [0.05, 0.1) is 12.0 Å². The maximum absolute atomic E-state index is 10.7. The zero-order chi connectivity index (χ0) is 9.26. The average molecular weight is 203 g/mol. The van der Waals surface area contributed by atoms with Crippen LogP contribution in [0.4, 0.5) is 0 Å². The third-order valence-corrected chi connectivity index (χ3v) is 3.90. The fourth-order valence-electron chi connectivity index (χ4n) is 1.70. The molecule has 2 heterocycles. The van der Waals surface area contributed by atoms with Gasteiger partial charge in [0.15, 0.2) is 0 Å². The lowest BCUT2D eigenvalue weighted by molar-refractivity contribution is -0.138. The minimum absolute atomic E-state index is 0.281. The molecule has 0 amide bonds. The highest BCUT2D eigenvalue weighted by Crippen LogP contribution is 2.29. The highest BCUT2D eigenvalue weighted by atomic mass is 32.2. The lowest BCUT2D eigenvalue weighted by Crippen LogP contribution is -2.39. The van der Waals surface area contributed by atoms with E-state index in [4.69, 9.17) is 9.84 Å². The zero-order valence-corrected chi connectivity index (χ0v) is 8.05. The molecular formula is C8H13NO3S. The smallest absolute Gasteiger partial charge is 0.321 e. The Morgan fingerprint density at radius 3 is 3.00 bits per heavy atom. The molecule has 2 saturated heterocycles. The Morgan fingerprint density at radius 2 is 2.46 bits per heavy atom. The number of thioether (sulfide) groups is 1. The van der Waals surface area contributed by atoms with E-state index in [2.05, 4.69) is 5.32 Å². The number of carboxylic acids is 1. The van der Waals surface area contributed by atoms with E-state index in [0.717, 1.165) is 19.6 Å². The average Bonchev–Trinajstić information content (AvgIpc) is 2.75. The van der Waals surface area contributed by atoms with Gasteiger partial charge in [0.1, 0.15) is 6.04 Å². The Balaban J connectivity index is 1.86. The molecule has 4 nitrogen and oxygen atoms in total. The first-order chi connectivity index (χ1) is 6.27. The van der Waals surface area contributed by atoms with Crippen LogP contribution in [-0.4, -0.2) is 41.5 Å². The molecule has 13 heavy (non-hydrogen) atoms. The molecule has 0 aliphatic carbocycles. The van der Waals surface area contributed by atoms with Gasteiger partial charge in [-0.1, -0.05) is 0 Å². The maximum atomic E-state index is 10.7. The summed E-state index contributed by atoms with van der Waals surface area (Å²) in [5.74, 6) is 0.430. The molecule has 2 rings (SSSR count). The van der Waals surface area contributed by atoms with Gasteiger partial charge in [-0.15, -0.1) is 11.8 Å². The SMILES string of the molecule is O=C(O)C1CSC(C2CCOC2)N1. The number of aliphatic carboxylic acids is 1. The zero-order valence-electron chi connectivity index (χ0n) is 7.23. The van der Waals surface area contributed by atoms with Crippen molar-refractivity contribution in [3.05, 3.63) is 0 Å². The van der Waals surface area contributed by atoms with Crippen molar-refractivity contribution in [3.63, 3.8) is 0 Å². The summed E-state index contributed by atoms with van der Waals surface area (Å²) >= 11 is 1.70. The molecule has 2 aliphatic heterocycles. The Labute approximate surface area is 81.0 Å². The van der Waals surface area contributed by atoms with Crippen LogP contribution in [0.1, 0.15) is 6.42 Å². The van der Waals surface area contributed by atoms with Gasteiger partial charge < -0.3 is 9.84 Å². The Bertz CT molecular complexity index is 206. The molecule has 0 bridgehead atoms. The number of nitrogens with one attached hydrogen (secondary N) is 1. The lowest BCUT2D eigenvalue weighted by atomic mass is 10.1. The summed E-state index contributed by atoms with van der Waals surface area (Å²) < 4.78 is 5.26. The molecular weight excluding hydrogens is 190 g/mol. The molecule has 0 spiro atoms. The van der Waals surface area contributed by atoms with Crippen molar-refractivity contribution in [2.45, 2.75) is 17.8 Å². The Hall–Kier alpha value is -0.260. The molecule has 2 N–H and O–H groups in total. The van der Waals surface area contributed by atoms with Gasteiger partial charge in [-0.3, -0.25) is 10.1 Å². The van der Waals surface area contributed by atoms with E-state index in [1.54, 1.807) is 11.8 Å². The third-order valence-electron chi connectivity index (χ3n) is 2.50. The Morgan fingerprint density at radius 1 is 1.62 bits per heavy atom. The van der Waals surface area contributed by atoms with E-state index in [1.807, 2.05) is 0 Å². The minimum Gasteiger partial charge on any atom is -0.480 e. The fraction of sp³-hybridized carbons (Fsp3) is 0.875. The van der Waals surface area contributed by atoms with Crippen molar-refractivity contribution in [3.8, 4) is 0 Å². The monoisotopic (exact) mass is 203 g/mol. The summed E-state index contributed by atoms with van der Waals surface area (Å²) in [6.45, 7) is 1.60. The van der Waals surface area contributed by atoms with Gasteiger partial charge in [0.2, 0.25) is 0 Å². The highest BCUT2D eigenvalue weighted by Gasteiger charge is 2.35. The summed E-state index contributed by atoms with van der Waals surface area (Å²) in [4.78, 5) is 10.7. The van der Waals surface area contributed by atoms with E-state index < -0.39 is 5.97 Å². The Kier molecular flexibility index (Phi) is 2.76. The summed E-state index contributed by atoms with van der Waals surface area (Å²) in [6, 6.07) is -0.365. The molecule has 0 aromatic rings. The second-order valence-corrected chi connectivity index (χ2v) is 4.61. The largest absolute Gasteiger partial charge is 0.480 e. The second kappa shape index (κ2) is 3.86. The molecule has 3 atom stereocenters. The van der Waals surface area contributed by atoms with Gasteiger partial charge in [-0.2, -0.15) is 0 Å². The van der Waals surface area contributed by atoms with Crippen LogP contribution < -0.4 is 5.32 Å². The van der Waals surface area contributed by atoms with E-state index in [1.165, 1.54) is 0 Å². The van der Waals surface area contributed by atoms with Gasteiger partial charge in [0.25, 0.3) is 0 Å². The molecule has 0 aromatic heterocycles. The molecule has 0 radical (unpaired) electrons.